The number of hydrogen-bond donors (Lipinski definition) is 3. The first-order chi connectivity index (χ1) is 17.6. The number of carbonyl (C=O) groups is 2. The molecule has 0 saturated heterocycles. The molecule has 0 spiro atoms. The van der Waals surface area contributed by atoms with Gasteiger partial charge in [-0.2, -0.15) is 0 Å². The number of benzene rings is 1. The Hall–Kier alpha value is -3.13. The Morgan fingerprint density at radius 3 is 2.41 bits per heavy atom. The van der Waals surface area contributed by atoms with Crippen molar-refractivity contribution in [3.05, 3.63) is 53.9 Å². The van der Waals surface area contributed by atoms with Crippen molar-refractivity contribution < 1.29 is 14.7 Å². The zero-order valence-electron chi connectivity index (χ0n) is 22.5. The van der Waals surface area contributed by atoms with Gasteiger partial charge in [0.25, 0.3) is 0 Å². The van der Waals surface area contributed by atoms with Crippen molar-refractivity contribution in [3.63, 3.8) is 0 Å². The van der Waals surface area contributed by atoms with Crippen molar-refractivity contribution in [2.45, 2.75) is 89.4 Å². The molecule has 2 aliphatic rings. The highest BCUT2D eigenvalue weighted by molar-refractivity contribution is 5.95. The van der Waals surface area contributed by atoms with Crippen LogP contribution in [0.4, 0.5) is 16.2 Å². The number of nitrogens with one attached hydrogen (secondary N) is 2. The number of carboxylic acid groups (broad SMARTS) is 1. The Kier molecular flexibility index (Phi) is 8.37. The Labute approximate surface area is 220 Å². The molecule has 2 aliphatic carbocycles. The highest BCUT2D eigenvalue weighted by atomic mass is 16.4. The number of fused-ring (bicyclic) bond motifs is 1. The number of hydrogen-bond acceptors (Lipinski definition) is 5. The van der Waals surface area contributed by atoms with Gasteiger partial charge in [-0.05, 0) is 96.5 Å². The van der Waals surface area contributed by atoms with Crippen molar-refractivity contribution in [2.24, 2.45) is 0 Å². The SMILES string of the molecule is CN(CC(=O)Nc1ccccc1N[C@H]1CC[C@H](N(C(=O)O)C(C)(C)C)CC1)C1CCCc2cccnc21. The maximum Gasteiger partial charge on any atom is 0.407 e. The Morgan fingerprint density at radius 1 is 1.03 bits per heavy atom. The molecule has 1 unspecified atom stereocenters. The molecule has 200 valence electrons. The van der Waals surface area contributed by atoms with Crippen LogP contribution in [0.25, 0.3) is 0 Å². The van der Waals surface area contributed by atoms with Crippen LogP contribution < -0.4 is 10.6 Å². The van der Waals surface area contributed by atoms with Crippen molar-refractivity contribution in [2.75, 3.05) is 24.2 Å². The molecule has 2 aromatic rings. The molecule has 1 saturated carbocycles. The van der Waals surface area contributed by atoms with Crippen LogP contribution in [0.1, 0.15) is 76.6 Å². The van der Waals surface area contributed by atoms with Gasteiger partial charge < -0.3 is 20.6 Å². The number of likely N-dealkylation sites (N-methyl/N-ethyl adjacent to an activating group) is 1. The quantitative estimate of drug-likeness (QED) is 0.456. The number of para-hydroxylation sites is 2. The van der Waals surface area contributed by atoms with Gasteiger partial charge in [0.1, 0.15) is 0 Å². The fourth-order valence-electron chi connectivity index (χ4n) is 5.95. The van der Waals surface area contributed by atoms with Crippen molar-refractivity contribution in [1.82, 2.24) is 14.8 Å². The molecule has 37 heavy (non-hydrogen) atoms. The summed E-state index contributed by atoms with van der Waals surface area (Å²) in [6, 6.07) is 12.3. The minimum Gasteiger partial charge on any atom is -0.465 e. The summed E-state index contributed by atoms with van der Waals surface area (Å²) < 4.78 is 0. The highest BCUT2D eigenvalue weighted by Crippen LogP contribution is 2.33. The zero-order valence-corrected chi connectivity index (χ0v) is 22.5. The first kappa shape index (κ1) is 26.9. The molecule has 3 N–H and O–H groups in total. The number of anilines is 2. The zero-order chi connectivity index (χ0) is 26.6. The first-order valence-corrected chi connectivity index (χ1v) is 13.4. The van der Waals surface area contributed by atoms with Crippen molar-refractivity contribution in [1.29, 1.82) is 0 Å². The second-order valence-electron chi connectivity index (χ2n) is 11.4. The Bertz CT molecular complexity index is 1090. The number of amides is 2. The van der Waals surface area contributed by atoms with Crippen LogP contribution in [0.2, 0.25) is 0 Å². The molecular weight excluding hydrogens is 466 g/mol. The average Bonchev–Trinajstić information content (AvgIpc) is 2.85. The number of carbonyl (C=O) groups excluding carboxylic acids is 1. The number of pyridine rings is 1. The summed E-state index contributed by atoms with van der Waals surface area (Å²) >= 11 is 0. The molecule has 0 aliphatic heterocycles. The van der Waals surface area contributed by atoms with Crippen LogP contribution in [0, 0.1) is 0 Å². The third kappa shape index (κ3) is 6.60. The molecule has 2 amide bonds. The highest BCUT2D eigenvalue weighted by Gasteiger charge is 2.35. The van der Waals surface area contributed by atoms with Gasteiger partial charge >= 0.3 is 6.09 Å². The lowest BCUT2D eigenvalue weighted by molar-refractivity contribution is -0.117. The predicted octanol–water partition coefficient (Wildman–Crippen LogP) is 5.53. The number of nitrogens with zero attached hydrogens (tertiary/aromatic N) is 3. The molecule has 1 aromatic carbocycles. The van der Waals surface area contributed by atoms with E-state index in [0.29, 0.717) is 0 Å². The fourth-order valence-corrected chi connectivity index (χ4v) is 5.95. The number of rotatable bonds is 7. The van der Waals surface area contributed by atoms with Crippen LogP contribution in [0.5, 0.6) is 0 Å². The molecule has 8 heteroatoms. The lowest BCUT2D eigenvalue weighted by Gasteiger charge is -2.43. The fraction of sp³-hybridized carbons (Fsp3) is 0.552. The van der Waals surface area contributed by atoms with Gasteiger partial charge in [-0.3, -0.25) is 14.7 Å². The second-order valence-corrected chi connectivity index (χ2v) is 11.4. The van der Waals surface area contributed by atoms with Gasteiger partial charge in [0, 0.05) is 23.8 Å². The molecule has 0 radical (unpaired) electrons. The molecule has 1 aromatic heterocycles. The standard InChI is InChI=1S/C29H41N5O3/c1-29(2,3)34(28(36)37)22-16-14-21(15-17-22)31-23-11-5-6-12-24(23)32-26(35)19-33(4)25-13-7-9-20-10-8-18-30-27(20)25/h5-6,8,10-12,18,21-22,25,31H,7,9,13-17,19H2,1-4H3,(H,32,35)(H,36,37)/t21-,22-,25?. The monoisotopic (exact) mass is 507 g/mol. The van der Waals surface area contributed by atoms with Crippen molar-refractivity contribution in [3.8, 4) is 0 Å². The van der Waals surface area contributed by atoms with E-state index in [-0.39, 0.29) is 30.6 Å². The van der Waals surface area contributed by atoms with Gasteiger partial charge in [-0.15, -0.1) is 0 Å². The maximum absolute atomic E-state index is 13.0. The molecule has 1 heterocycles. The Morgan fingerprint density at radius 2 is 1.73 bits per heavy atom. The Balaban J connectivity index is 1.34. The predicted molar refractivity (Wildman–Crippen MR) is 147 cm³/mol. The van der Waals surface area contributed by atoms with Crippen LogP contribution in [-0.2, 0) is 11.2 Å². The maximum atomic E-state index is 13.0. The average molecular weight is 508 g/mol. The summed E-state index contributed by atoms with van der Waals surface area (Å²) in [5.74, 6) is -0.0502. The summed E-state index contributed by atoms with van der Waals surface area (Å²) in [5.41, 5.74) is 3.62. The minimum atomic E-state index is -0.852. The third-order valence-electron chi connectivity index (χ3n) is 7.64. The smallest absolute Gasteiger partial charge is 0.407 e. The summed E-state index contributed by atoms with van der Waals surface area (Å²) in [6.45, 7) is 6.14. The van der Waals surface area contributed by atoms with Crippen molar-refractivity contribution >= 4 is 23.4 Å². The van der Waals surface area contributed by atoms with Gasteiger partial charge in [0.2, 0.25) is 5.91 Å². The number of aryl methyl sites for hydroxylation is 1. The largest absolute Gasteiger partial charge is 0.465 e. The van der Waals surface area contributed by atoms with Crippen LogP contribution in [0.15, 0.2) is 42.6 Å². The lowest BCUT2D eigenvalue weighted by atomic mass is 9.88. The van der Waals surface area contributed by atoms with Crippen LogP contribution in [-0.4, -0.2) is 63.1 Å². The van der Waals surface area contributed by atoms with Gasteiger partial charge in [0.05, 0.1) is 29.7 Å². The first-order valence-electron chi connectivity index (χ1n) is 13.4. The van der Waals surface area contributed by atoms with E-state index in [1.165, 1.54) is 5.56 Å². The normalized spacial score (nSPS) is 21.7. The van der Waals surface area contributed by atoms with Crippen LogP contribution >= 0.6 is 0 Å². The molecule has 1 fully saturated rings. The second kappa shape index (κ2) is 11.5. The lowest BCUT2D eigenvalue weighted by Crippen LogP contribution is -2.52. The van der Waals surface area contributed by atoms with E-state index >= 15 is 0 Å². The van der Waals surface area contributed by atoms with E-state index in [1.807, 2.05) is 64.3 Å². The molecule has 8 nitrogen and oxygen atoms in total. The minimum absolute atomic E-state index is 0.0282. The van der Waals surface area contributed by atoms with E-state index in [4.69, 9.17) is 0 Å². The van der Waals surface area contributed by atoms with E-state index < -0.39 is 11.6 Å². The third-order valence-corrected chi connectivity index (χ3v) is 7.64. The number of aromatic nitrogens is 1. The summed E-state index contributed by atoms with van der Waals surface area (Å²) in [6.07, 6.45) is 7.53. The molecular formula is C29H41N5O3. The molecule has 0 bridgehead atoms. The topological polar surface area (TPSA) is 97.8 Å². The summed E-state index contributed by atoms with van der Waals surface area (Å²) in [5, 5.41) is 16.5. The molecule has 1 atom stereocenters. The summed E-state index contributed by atoms with van der Waals surface area (Å²) in [4.78, 5) is 33.2. The van der Waals surface area contributed by atoms with E-state index in [9.17, 15) is 14.7 Å². The van der Waals surface area contributed by atoms with E-state index in [1.54, 1.807) is 4.90 Å². The van der Waals surface area contributed by atoms with Gasteiger partial charge in [0.15, 0.2) is 0 Å². The van der Waals surface area contributed by atoms with Gasteiger partial charge in [-0.25, -0.2) is 4.79 Å². The van der Waals surface area contributed by atoms with Crippen LogP contribution in [0.3, 0.4) is 0 Å². The van der Waals surface area contributed by atoms with Gasteiger partial charge in [-0.1, -0.05) is 18.2 Å². The molecule has 4 rings (SSSR count). The van der Waals surface area contributed by atoms with E-state index in [2.05, 4.69) is 26.6 Å². The van der Waals surface area contributed by atoms with E-state index in [0.717, 1.165) is 62.0 Å². The summed E-state index contributed by atoms with van der Waals surface area (Å²) in [7, 11) is 1.99.